The number of carbonyl (C=O) groups is 2. The highest BCUT2D eigenvalue weighted by Gasteiger charge is 2.21. The molecule has 0 radical (unpaired) electrons. The Morgan fingerprint density at radius 1 is 1.00 bits per heavy atom. The molecule has 0 saturated heterocycles. The molecule has 2 unspecified atom stereocenters. The van der Waals surface area contributed by atoms with Gasteiger partial charge in [0.05, 0.1) is 5.69 Å². The maximum Gasteiger partial charge on any atom is 0.255 e. The maximum absolute atomic E-state index is 12.5. The summed E-state index contributed by atoms with van der Waals surface area (Å²) in [5, 5.41) is 6.06. The van der Waals surface area contributed by atoms with Crippen LogP contribution in [0.4, 0.5) is 11.8 Å². The van der Waals surface area contributed by atoms with Gasteiger partial charge in [0.25, 0.3) is 11.8 Å². The monoisotopic (exact) mass is 474 g/mol. The zero-order valence-electron chi connectivity index (χ0n) is 20.0. The molecule has 2 amide bonds. The van der Waals surface area contributed by atoms with E-state index in [2.05, 4.69) is 34.4 Å². The molecule has 0 aliphatic rings. The minimum Gasteiger partial charge on any atom is -0.372 e. The van der Waals surface area contributed by atoms with Crippen molar-refractivity contribution in [3.63, 3.8) is 0 Å². The van der Waals surface area contributed by atoms with E-state index in [1.54, 1.807) is 20.8 Å². The fraction of sp³-hybridized carbons (Fsp3) is 0.417. The number of nitrogens with one attached hydrogen (secondary N) is 2. The first-order chi connectivity index (χ1) is 15.5. The van der Waals surface area contributed by atoms with Gasteiger partial charge in [-0.15, -0.1) is 0 Å². The van der Waals surface area contributed by atoms with Crippen LogP contribution in [0.1, 0.15) is 44.5 Å². The van der Waals surface area contributed by atoms with E-state index < -0.39 is 18.1 Å². The molecule has 33 heavy (non-hydrogen) atoms. The maximum atomic E-state index is 12.5. The van der Waals surface area contributed by atoms with Crippen molar-refractivity contribution in [1.82, 2.24) is 9.97 Å². The second-order valence-corrected chi connectivity index (χ2v) is 8.63. The van der Waals surface area contributed by atoms with E-state index in [9.17, 15) is 9.59 Å². The zero-order valence-corrected chi connectivity index (χ0v) is 20.8. The molecule has 1 aromatic carbocycles. The molecule has 2 atom stereocenters. The van der Waals surface area contributed by atoms with Crippen LogP contribution in [0.2, 0.25) is 5.02 Å². The van der Waals surface area contributed by atoms with E-state index in [0.29, 0.717) is 16.3 Å². The van der Waals surface area contributed by atoms with Gasteiger partial charge in [-0.3, -0.25) is 14.9 Å². The van der Waals surface area contributed by atoms with Crippen molar-refractivity contribution >= 4 is 41.3 Å². The van der Waals surface area contributed by atoms with Gasteiger partial charge in [0.15, 0.2) is 0 Å². The molecule has 2 N–H and O–H groups in total. The number of ether oxygens (including phenoxy) is 2. The summed E-state index contributed by atoms with van der Waals surface area (Å²) in [6.07, 6.45) is 2.50. The van der Waals surface area contributed by atoms with Gasteiger partial charge in [-0.25, -0.2) is 4.98 Å². The number of amides is 2. The van der Waals surface area contributed by atoms with E-state index in [4.69, 9.17) is 21.1 Å². The summed E-state index contributed by atoms with van der Waals surface area (Å²) < 4.78 is 10.1. The summed E-state index contributed by atoms with van der Waals surface area (Å²) in [6, 6.07) is 7.62. The third kappa shape index (κ3) is 7.08. The van der Waals surface area contributed by atoms with E-state index in [-0.39, 0.29) is 23.1 Å². The van der Waals surface area contributed by atoms with Gasteiger partial charge in [-0.1, -0.05) is 49.7 Å². The lowest BCUT2D eigenvalue weighted by Gasteiger charge is -2.21. The molecule has 2 aromatic rings. The van der Waals surface area contributed by atoms with Crippen LogP contribution in [-0.4, -0.2) is 48.2 Å². The molecule has 8 nitrogen and oxygen atoms in total. The number of aromatic nitrogens is 2. The molecule has 2 rings (SSSR count). The second-order valence-electron chi connectivity index (χ2n) is 8.19. The lowest BCUT2D eigenvalue weighted by atomic mass is 9.84. The predicted molar refractivity (Wildman–Crippen MR) is 130 cm³/mol. The van der Waals surface area contributed by atoms with Crippen LogP contribution < -0.4 is 10.6 Å². The quantitative estimate of drug-likeness (QED) is 0.559. The summed E-state index contributed by atoms with van der Waals surface area (Å²) in [7, 11) is 2.88. The topological polar surface area (TPSA) is 102 Å². The first-order valence-electron chi connectivity index (χ1n) is 10.5. The smallest absolute Gasteiger partial charge is 0.255 e. The Morgan fingerprint density at radius 3 is 2.09 bits per heavy atom. The van der Waals surface area contributed by atoms with Crippen LogP contribution in [0.3, 0.4) is 0 Å². The predicted octanol–water partition coefficient (Wildman–Crippen LogP) is 4.38. The highest BCUT2D eigenvalue weighted by molar-refractivity contribution is 6.30. The van der Waals surface area contributed by atoms with Crippen LogP contribution in [0.5, 0.6) is 0 Å². The lowest BCUT2D eigenvalue weighted by molar-refractivity contribution is -0.125. The van der Waals surface area contributed by atoms with Crippen LogP contribution in [0.25, 0.3) is 6.08 Å². The molecule has 1 aromatic heterocycles. The average Bonchev–Trinajstić information content (AvgIpc) is 2.77. The number of allylic oxidation sites excluding steroid dienone is 1. The Morgan fingerprint density at radius 2 is 1.55 bits per heavy atom. The minimum absolute atomic E-state index is 0.0656. The first-order valence-corrected chi connectivity index (χ1v) is 10.9. The molecule has 178 valence electrons. The number of aryl methyl sites for hydroxylation is 1. The molecule has 0 bridgehead atoms. The highest BCUT2D eigenvalue weighted by atomic mass is 35.5. The number of hydrogen-bond acceptors (Lipinski definition) is 6. The van der Waals surface area contributed by atoms with Crippen LogP contribution in [0.15, 0.2) is 30.3 Å². The third-order valence-electron chi connectivity index (χ3n) is 5.31. The molecule has 0 aliphatic carbocycles. The third-order valence-corrected chi connectivity index (χ3v) is 5.57. The summed E-state index contributed by atoms with van der Waals surface area (Å²) in [6.45, 7) is 9.15. The van der Waals surface area contributed by atoms with Crippen molar-refractivity contribution in [2.45, 2.75) is 52.2 Å². The molecular weight excluding hydrogens is 444 g/mol. The minimum atomic E-state index is -0.686. The zero-order chi connectivity index (χ0) is 24.8. The van der Waals surface area contributed by atoms with Gasteiger partial charge in [-0.05, 0) is 38.5 Å². The Kier molecular flexibility index (Phi) is 9.10. The van der Waals surface area contributed by atoms with Crippen molar-refractivity contribution in [1.29, 1.82) is 0 Å². The van der Waals surface area contributed by atoms with E-state index in [0.717, 1.165) is 5.56 Å². The SMILES string of the molecule is COC(C)C(=O)Nc1nc(C)c(/C=C/C(C)(C)c2ccc(Cl)cc2)c(NC(=O)C(C)OC)n1. The number of nitrogens with zero attached hydrogens (tertiary/aromatic N) is 2. The van der Waals surface area contributed by atoms with Crippen molar-refractivity contribution < 1.29 is 19.1 Å². The first kappa shape index (κ1) is 26.4. The van der Waals surface area contributed by atoms with Crippen LogP contribution >= 0.6 is 11.6 Å². The van der Waals surface area contributed by atoms with E-state index in [1.807, 2.05) is 36.4 Å². The molecular formula is C24H31ClN4O4. The number of rotatable bonds is 9. The molecule has 0 spiro atoms. The van der Waals surface area contributed by atoms with Crippen LogP contribution in [0, 0.1) is 6.92 Å². The fourth-order valence-corrected chi connectivity index (χ4v) is 2.97. The van der Waals surface area contributed by atoms with Gasteiger partial charge in [0.2, 0.25) is 5.95 Å². The van der Waals surface area contributed by atoms with Crippen LogP contribution in [-0.2, 0) is 24.5 Å². The Bertz CT molecular complexity index is 1020. The summed E-state index contributed by atoms with van der Waals surface area (Å²) in [5.41, 5.74) is 1.93. The standard InChI is InChI=1S/C24H31ClN4O4/c1-14-19(12-13-24(4,5)17-8-10-18(25)11-9-17)20(27-21(30)15(2)32-6)28-23(26-14)29-22(31)16(3)33-7/h8-13,15-16H,1-7H3,(H2,26,27,28,29,30,31)/b13-12+. The number of carbonyl (C=O) groups excluding carboxylic acids is 2. The van der Waals surface area contributed by atoms with E-state index >= 15 is 0 Å². The Labute approximate surface area is 199 Å². The van der Waals surface area contributed by atoms with E-state index in [1.165, 1.54) is 14.2 Å². The number of benzene rings is 1. The summed E-state index contributed by atoms with van der Waals surface area (Å²) in [5.74, 6) is -0.438. The van der Waals surface area contributed by atoms with Gasteiger partial charge in [-0.2, -0.15) is 4.98 Å². The van der Waals surface area contributed by atoms with Crippen molar-refractivity contribution in [2.24, 2.45) is 0 Å². The van der Waals surface area contributed by atoms with Gasteiger partial charge in [0, 0.05) is 30.2 Å². The highest BCUT2D eigenvalue weighted by Crippen LogP contribution is 2.29. The fourth-order valence-electron chi connectivity index (χ4n) is 2.84. The second kappa shape index (κ2) is 11.4. The largest absolute Gasteiger partial charge is 0.372 e. The Hall–Kier alpha value is -2.81. The van der Waals surface area contributed by atoms with Crippen molar-refractivity contribution in [3.05, 3.63) is 52.2 Å². The average molecular weight is 475 g/mol. The van der Waals surface area contributed by atoms with Crippen molar-refractivity contribution in [2.75, 3.05) is 24.9 Å². The molecule has 0 fully saturated rings. The summed E-state index contributed by atoms with van der Waals surface area (Å²) in [4.78, 5) is 33.5. The number of hydrogen-bond donors (Lipinski definition) is 2. The molecule has 9 heteroatoms. The van der Waals surface area contributed by atoms with Gasteiger partial charge in [0.1, 0.15) is 18.0 Å². The molecule has 0 saturated carbocycles. The lowest BCUT2D eigenvalue weighted by Crippen LogP contribution is -2.29. The molecule has 0 aliphatic heterocycles. The van der Waals surface area contributed by atoms with Crippen molar-refractivity contribution in [3.8, 4) is 0 Å². The number of halogens is 1. The summed E-state index contributed by atoms with van der Waals surface area (Å²) >= 11 is 6.02. The number of methoxy groups -OCH3 is 2. The Balaban J connectivity index is 2.46. The normalized spacial score (nSPS) is 13.6. The van der Waals surface area contributed by atoms with Gasteiger partial charge >= 0.3 is 0 Å². The van der Waals surface area contributed by atoms with Gasteiger partial charge < -0.3 is 14.8 Å². The molecule has 1 heterocycles. The number of anilines is 2.